The first-order chi connectivity index (χ1) is 10.7. The zero-order valence-electron chi connectivity index (χ0n) is 14.7. The van der Waals surface area contributed by atoms with Crippen LogP contribution in [0, 0.1) is 5.41 Å². The highest BCUT2D eigenvalue weighted by molar-refractivity contribution is 5.81. The summed E-state index contributed by atoms with van der Waals surface area (Å²) in [6.45, 7) is 6.38. The molecule has 0 aliphatic heterocycles. The summed E-state index contributed by atoms with van der Waals surface area (Å²) in [7, 11) is 0. The Morgan fingerprint density at radius 3 is 2.23 bits per heavy atom. The van der Waals surface area contributed by atoms with Crippen molar-refractivity contribution in [2.75, 3.05) is 6.61 Å². The molecule has 1 aliphatic rings. The molecule has 0 spiro atoms. The van der Waals surface area contributed by atoms with E-state index in [4.69, 9.17) is 4.74 Å². The molecule has 0 saturated heterocycles. The van der Waals surface area contributed by atoms with E-state index in [-0.39, 0.29) is 11.4 Å². The summed E-state index contributed by atoms with van der Waals surface area (Å²) in [6, 6.07) is 0. The van der Waals surface area contributed by atoms with Gasteiger partial charge < -0.3 is 4.74 Å². The van der Waals surface area contributed by atoms with E-state index >= 15 is 0 Å². The maximum atomic E-state index is 11.5. The van der Waals surface area contributed by atoms with E-state index in [9.17, 15) is 4.79 Å². The predicted octanol–water partition coefficient (Wildman–Crippen LogP) is 6.20. The minimum absolute atomic E-state index is 0.240. The van der Waals surface area contributed by atoms with Gasteiger partial charge in [0.1, 0.15) is 0 Å². The van der Waals surface area contributed by atoms with E-state index in [0.29, 0.717) is 6.61 Å². The van der Waals surface area contributed by atoms with E-state index in [1.165, 1.54) is 96.0 Å². The van der Waals surface area contributed by atoms with Crippen molar-refractivity contribution in [3.05, 3.63) is 12.7 Å². The highest BCUT2D eigenvalue weighted by Crippen LogP contribution is 2.39. The number of carbonyl (C=O) groups excluding carboxylic acids is 1. The van der Waals surface area contributed by atoms with E-state index in [1.54, 1.807) is 0 Å². The van der Waals surface area contributed by atoms with Crippen molar-refractivity contribution in [2.45, 2.75) is 96.8 Å². The van der Waals surface area contributed by atoms with Crippen LogP contribution in [-0.2, 0) is 9.53 Å². The van der Waals surface area contributed by atoms with Gasteiger partial charge in [-0.1, -0.05) is 84.1 Å². The maximum absolute atomic E-state index is 11.5. The van der Waals surface area contributed by atoms with Crippen molar-refractivity contribution < 1.29 is 9.53 Å². The molecular formula is C20H36O2. The van der Waals surface area contributed by atoms with Gasteiger partial charge >= 0.3 is 5.97 Å². The number of carbonyl (C=O) groups is 1. The summed E-state index contributed by atoms with van der Waals surface area (Å²) in [6.07, 6.45) is 19.6. The lowest BCUT2D eigenvalue weighted by Gasteiger charge is -2.35. The second-order valence-electron chi connectivity index (χ2n) is 7.10. The number of hydrogen-bond donors (Lipinski definition) is 0. The van der Waals surface area contributed by atoms with Crippen molar-refractivity contribution in [3.63, 3.8) is 0 Å². The third-order valence-electron chi connectivity index (χ3n) is 5.16. The molecule has 0 amide bonds. The van der Waals surface area contributed by atoms with Crippen LogP contribution in [0.25, 0.3) is 0 Å². The van der Waals surface area contributed by atoms with Crippen molar-refractivity contribution in [1.29, 1.82) is 0 Å². The Balaban J connectivity index is 2.44. The Morgan fingerprint density at radius 2 is 1.59 bits per heavy atom. The molecule has 1 aliphatic carbocycles. The molecule has 1 saturated carbocycles. The average molecular weight is 309 g/mol. The highest BCUT2D eigenvalue weighted by atomic mass is 16.5. The Kier molecular flexibility index (Phi) is 10.3. The lowest BCUT2D eigenvalue weighted by molar-refractivity contribution is -0.142. The molecule has 0 atom stereocenters. The van der Waals surface area contributed by atoms with Crippen LogP contribution in [0.15, 0.2) is 12.7 Å². The van der Waals surface area contributed by atoms with Gasteiger partial charge in [0.25, 0.3) is 0 Å². The molecule has 0 unspecified atom stereocenters. The Morgan fingerprint density at radius 1 is 1.00 bits per heavy atom. The van der Waals surface area contributed by atoms with Crippen LogP contribution in [0.4, 0.5) is 0 Å². The predicted molar refractivity (Wildman–Crippen MR) is 93.9 cm³/mol. The fourth-order valence-corrected chi connectivity index (χ4v) is 3.69. The minimum Gasteiger partial charge on any atom is -0.462 e. The smallest absolute Gasteiger partial charge is 0.330 e. The van der Waals surface area contributed by atoms with Crippen LogP contribution in [0.1, 0.15) is 96.8 Å². The monoisotopic (exact) mass is 308 g/mol. The lowest BCUT2D eigenvalue weighted by atomic mass is 9.73. The molecule has 0 bridgehead atoms. The molecule has 0 aromatic rings. The first kappa shape index (κ1) is 19.3. The van der Waals surface area contributed by atoms with Crippen LogP contribution in [0.2, 0.25) is 0 Å². The van der Waals surface area contributed by atoms with Gasteiger partial charge in [0.15, 0.2) is 0 Å². The second kappa shape index (κ2) is 11.7. The first-order valence-electron chi connectivity index (χ1n) is 9.52. The molecule has 0 aromatic heterocycles. The van der Waals surface area contributed by atoms with E-state index < -0.39 is 0 Å². The van der Waals surface area contributed by atoms with Crippen molar-refractivity contribution in [3.8, 4) is 0 Å². The molecule has 2 heteroatoms. The summed E-state index contributed by atoms with van der Waals surface area (Å²) in [5, 5.41) is 0. The zero-order chi connectivity index (χ0) is 16.1. The third-order valence-corrected chi connectivity index (χ3v) is 5.16. The third kappa shape index (κ3) is 8.00. The van der Waals surface area contributed by atoms with Crippen LogP contribution >= 0.6 is 0 Å². The van der Waals surface area contributed by atoms with Crippen LogP contribution in [-0.4, -0.2) is 12.6 Å². The number of esters is 1. The fourth-order valence-electron chi connectivity index (χ4n) is 3.69. The molecule has 0 radical (unpaired) electrons. The van der Waals surface area contributed by atoms with Gasteiger partial charge in [0, 0.05) is 11.5 Å². The molecule has 1 fully saturated rings. The summed E-state index contributed by atoms with van der Waals surface area (Å²) in [4.78, 5) is 11.5. The lowest BCUT2D eigenvalue weighted by Crippen LogP contribution is -2.29. The SMILES string of the molecule is C=CC(=O)OCC1(CCCCCCCC)CCCCCCC1. The van der Waals surface area contributed by atoms with Gasteiger partial charge in [-0.15, -0.1) is 0 Å². The van der Waals surface area contributed by atoms with Crippen molar-refractivity contribution in [2.24, 2.45) is 5.41 Å². The van der Waals surface area contributed by atoms with Crippen molar-refractivity contribution >= 4 is 5.97 Å². The molecule has 0 aromatic carbocycles. The molecule has 0 heterocycles. The van der Waals surface area contributed by atoms with Gasteiger partial charge in [-0.3, -0.25) is 0 Å². The van der Waals surface area contributed by atoms with E-state index in [2.05, 4.69) is 13.5 Å². The maximum Gasteiger partial charge on any atom is 0.330 e. The first-order valence-corrected chi connectivity index (χ1v) is 9.52. The van der Waals surface area contributed by atoms with E-state index in [0.717, 1.165) is 0 Å². The topological polar surface area (TPSA) is 26.3 Å². The normalized spacial score (nSPS) is 18.2. The Bertz CT molecular complexity index is 301. The summed E-state index contributed by atoms with van der Waals surface area (Å²) >= 11 is 0. The van der Waals surface area contributed by atoms with Gasteiger partial charge in [-0.05, 0) is 19.3 Å². The van der Waals surface area contributed by atoms with Gasteiger partial charge in [0.05, 0.1) is 6.61 Å². The number of hydrogen-bond acceptors (Lipinski definition) is 2. The van der Waals surface area contributed by atoms with Crippen LogP contribution in [0.3, 0.4) is 0 Å². The highest BCUT2D eigenvalue weighted by Gasteiger charge is 2.31. The Hall–Kier alpha value is -0.790. The van der Waals surface area contributed by atoms with Gasteiger partial charge in [-0.25, -0.2) is 4.79 Å². The summed E-state index contributed by atoms with van der Waals surface area (Å²) in [5.74, 6) is -0.260. The quantitative estimate of drug-likeness (QED) is 0.273. The largest absolute Gasteiger partial charge is 0.462 e. The summed E-state index contributed by atoms with van der Waals surface area (Å²) in [5.41, 5.74) is 0.240. The minimum atomic E-state index is -0.260. The van der Waals surface area contributed by atoms with Crippen LogP contribution < -0.4 is 0 Å². The number of rotatable bonds is 10. The number of unbranched alkanes of at least 4 members (excludes halogenated alkanes) is 5. The van der Waals surface area contributed by atoms with Gasteiger partial charge in [0.2, 0.25) is 0 Å². The standard InChI is InChI=1S/C20H36O2/c1-3-5-6-7-9-12-15-20(18-22-19(21)4-2)16-13-10-8-11-14-17-20/h4H,2-3,5-18H2,1H3. The zero-order valence-corrected chi connectivity index (χ0v) is 14.7. The summed E-state index contributed by atoms with van der Waals surface area (Å²) < 4.78 is 5.47. The van der Waals surface area contributed by atoms with E-state index in [1.807, 2.05) is 0 Å². The average Bonchev–Trinajstić information content (AvgIpc) is 2.51. The molecule has 128 valence electrons. The fraction of sp³-hybridized carbons (Fsp3) is 0.850. The molecule has 1 rings (SSSR count). The molecule has 2 nitrogen and oxygen atoms in total. The van der Waals surface area contributed by atoms with Gasteiger partial charge in [-0.2, -0.15) is 0 Å². The number of ether oxygens (including phenoxy) is 1. The Labute approximate surface area is 137 Å². The second-order valence-corrected chi connectivity index (χ2v) is 7.10. The van der Waals surface area contributed by atoms with Crippen molar-refractivity contribution in [1.82, 2.24) is 0 Å². The molecule has 0 N–H and O–H groups in total. The molecular weight excluding hydrogens is 272 g/mol. The molecule has 22 heavy (non-hydrogen) atoms. The van der Waals surface area contributed by atoms with Crippen LogP contribution in [0.5, 0.6) is 0 Å².